The molecule has 0 bridgehead atoms. The fourth-order valence-corrected chi connectivity index (χ4v) is 3.77. The Hall–Kier alpha value is -3.38. The Labute approximate surface area is 173 Å². The van der Waals surface area contributed by atoms with Gasteiger partial charge >= 0.3 is 5.97 Å². The summed E-state index contributed by atoms with van der Waals surface area (Å²) in [6, 6.07) is 19.4. The van der Waals surface area contributed by atoms with E-state index in [1.807, 2.05) is 12.1 Å². The molecular formula is C23H20N2O3S. The van der Waals surface area contributed by atoms with Gasteiger partial charge < -0.3 is 10.9 Å². The van der Waals surface area contributed by atoms with Crippen molar-refractivity contribution in [2.45, 2.75) is 23.6 Å². The van der Waals surface area contributed by atoms with Crippen molar-refractivity contribution in [3.05, 3.63) is 94.5 Å². The molecule has 0 aliphatic heterocycles. The molecule has 5 nitrogen and oxygen atoms in total. The number of carbonyl (C=O) groups excluding carboxylic acids is 1. The summed E-state index contributed by atoms with van der Waals surface area (Å²) in [6.07, 6.45) is 0. The van der Waals surface area contributed by atoms with Crippen molar-refractivity contribution >= 4 is 29.2 Å². The number of rotatable bonds is 6. The van der Waals surface area contributed by atoms with Crippen LogP contribution in [0.25, 0.3) is 0 Å². The summed E-state index contributed by atoms with van der Waals surface area (Å²) < 4.78 is 0. The molecule has 0 amide bonds. The van der Waals surface area contributed by atoms with Crippen molar-refractivity contribution in [3.8, 4) is 0 Å². The van der Waals surface area contributed by atoms with Crippen LogP contribution < -0.4 is 5.84 Å². The highest BCUT2D eigenvalue weighted by atomic mass is 32.2. The normalized spacial score (nSPS) is 11.3. The molecule has 0 aromatic heterocycles. The van der Waals surface area contributed by atoms with Crippen molar-refractivity contribution in [3.63, 3.8) is 0 Å². The fraction of sp³-hybridized carbons (Fsp3) is 0.0870. The topological polar surface area (TPSA) is 92.8 Å². The number of Topliss-reactive ketones (excluding diaryl/α,β-unsaturated/α-hetero) is 1. The van der Waals surface area contributed by atoms with Gasteiger partial charge in [0.05, 0.1) is 5.56 Å². The molecule has 0 saturated carbocycles. The van der Waals surface area contributed by atoms with E-state index in [0.717, 1.165) is 9.79 Å². The molecule has 0 spiro atoms. The predicted octanol–water partition coefficient (Wildman–Crippen LogP) is 4.70. The maximum Gasteiger partial charge on any atom is 0.335 e. The highest BCUT2D eigenvalue weighted by Crippen LogP contribution is 2.31. The van der Waals surface area contributed by atoms with Gasteiger partial charge in [0.1, 0.15) is 5.71 Å². The van der Waals surface area contributed by atoms with Crippen LogP contribution in [0.2, 0.25) is 0 Å². The molecule has 29 heavy (non-hydrogen) atoms. The van der Waals surface area contributed by atoms with Gasteiger partial charge in [0, 0.05) is 20.9 Å². The molecule has 3 aromatic carbocycles. The first-order valence-corrected chi connectivity index (χ1v) is 9.72. The molecule has 0 aliphatic carbocycles. The van der Waals surface area contributed by atoms with Crippen molar-refractivity contribution in [1.29, 1.82) is 0 Å². The molecular weight excluding hydrogens is 384 g/mol. The molecule has 0 fully saturated rings. The average Bonchev–Trinajstić information content (AvgIpc) is 2.71. The third-order valence-electron chi connectivity index (χ3n) is 4.42. The first-order chi connectivity index (χ1) is 13.9. The number of carboxylic acid groups (broad SMARTS) is 1. The van der Waals surface area contributed by atoms with Crippen molar-refractivity contribution in [1.82, 2.24) is 0 Å². The van der Waals surface area contributed by atoms with Crippen LogP contribution in [0.4, 0.5) is 0 Å². The summed E-state index contributed by atoms with van der Waals surface area (Å²) in [5.74, 6) is 4.09. The van der Waals surface area contributed by atoms with Gasteiger partial charge in [0.2, 0.25) is 5.78 Å². The van der Waals surface area contributed by atoms with Crippen LogP contribution in [0, 0.1) is 13.8 Å². The van der Waals surface area contributed by atoms with Crippen molar-refractivity contribution in [2.24, 2.45) is 10.9 Å². The highest BCUT2D eigenvalue weighted by Gasteiger charge is 2.17. The van der Waals surface area contributed by atoms with Gasteiger partial charge in [-0.15, -0.1) is 0 Å². The molecule has 3 N–H and O–H groups in total. The quantitative estimate of drug-likeness (QED) is 0.269. The predicted molar refractivity (Wildman–Crippen MR) is 115 cm³/mol. The monoisotopic (exact) mass is 404 g/mol. The number of carboxylic acids is 1. The molecule has 0 atom stereocenters. The van der Waals surface area contributed by atoms with E-state index in [0.29, 0.717) is 11.1 Å². The molecule has 0 heterocycles. The van der Waals surface area contributed by atoms with Gasteiger partial charge in [-0.05, 0) is 61.9 Å². The number of aromatic carboxylic acids is 1. The smallest absolute Gasteiger partial charge is 0.335 e. The number of ketones is 1. The Morgan fingerprint density at radius 1 is 0.862 bits per heavy atom. The molecule has 0 saturated heterocycles. The van der Waals surface area contributed by atoms with E-state index in [9.17, 15) is 9.59 Å². The Morgan fingerprint density at radius 3 is 2.00 bits per heavy atom. The summed E-state index contributed by atoms with van der Waals surface area (Å²) in [6.45, 7) is 4.14. The first-order valence-electron chi connectivity index (χ1n) is 8.90. The lowest BCUT2D eigenvalue weighted by Crippen LogP contribution is -2.18. The minimum Gasteiger partial charge on any atom is -0.478 e. The van der Waals surface area contributed by atoms with Gasteiger partial charge in [-0.1, -0.05) is 41.6 Å². The van der Waals surface area contributed by atoms with Crippen LogP contribution in [0.1, 0.15) is 37.4 Å². The van der Waals surface area contributed by atoms with Crippen LogP contribution in [0.3, 0.4) is 0 Å². The zero-order chi connectivity index (χ0) is 21.0. The van der Waals surface area contributed by atoms with E-state index in [1.54, 1.807) is 23.9 Å². The zero-order valence-electron chi connectivity index (χ0n) is 16.0. The Kier molecular flexibility index (Phi) is 6.14. The van der Waals surface area contributed by atoms with E-state index < -0.39 is 5.97 Å². The maximum atomic E-state index is 12.8. The molecule has 146 valence electrons. The molecule has 0 aliphatic rings. The van der Waals surface area contributed by atoms with Crippen LogP contribution in [0.5, 0.6) is 0 Å². The van der Waals surface area contributed by atoms with E-state index >= 15 is 0 Å². The lowest BCUT2D eigenvalue weighted by Gasteiger charge is -2.08. The second kappa shape index (κ2) is 8.75. The Balaban J connectivity index is 1.79. The number of nitrogens with zero attached hydrogens (tertiary/aromatic N) is 1. The largest absolute Gasteiger partial charge is 0.478 e. The zero-order valence-corrected chi connectivity index (χ0v) is 16.9. The Morgan fingerprint density at radius 2 is 1.45 bits per heavy atom. The summed E-state index contributed by atoms with van der Waals surface area (Å²) in [5.41, 5.74) is 3.56. The third-order valence-corrected chi connectivity index (χ3v) is 5.61. The highest BCUT2D eigenvalue weighted by molar-refractivity contribution is 7.99. The molecule has 0 unspecified atom stereocenters. The number of nitrogens with two attached hydrogens (primary N) is 1. The van der Waals surface area contributed by atoms with Crippen LogP contribution >= 0.6 is 11.8 Å². The van der Waals surface area contributed by atoms with Crippen LogP contribution in [-0.4, -0.2) is 22.6 Å². The number of hydrogen-bond acceptors (Lipinski definition) is 5. The third kappa shape index (κ3) is 4.73. The second-order valence-electron chi connectivity index (χ2n) is 6.58. The summed E-state index contributed by atoms with van der Waals surface area (Å²) in [4.78, 5) is 26.0. The number of aryl methyl sites for hydroxylation is 2. The molecule has 3 rings (SSSR count). The van der Waals surface area contributed by atoms with E-state index in [2.05, 4.69) is 37.1 Å². The summed E-state index contributed by atoms with van der Waals surface area (Å²) >= 11 is 1.64. The standard InChI is InChI=1S/C23H20N2O3S/c1-14-3-12-20(15(2)13-14)29-19-10-8-17(9-11-19)22(26)21(25-24)16-4-6-18(7-5-16)23(27)28/h3-13H,24H2,1-2H3,(H,27,28). The van der Waals surface area contributed by atoms with Gasteiger partial charge in [-0.3, -0.25) is 4.79 Å². The maximum absolute atomic E-state index is 12.8. The number of benzene rings is 3. The number of hydrazone groups is 1. The lowest BCUT2D eigenvalue weighted by atomic mass is 10.00. The lowest BCUT2D eigenvalue weighted by molar-refractivity contribution is 0.0696. The van der Waals surface area contributed by atoms with Crippen LogP contribution in [0.15, 0.2) is 81.6 Å². The van der Waals surface area contributed by atoms with Gasteiger partial charge in [0.15, 0.2) is 0 Å². The van der Waals surface area contributed by atoms with E-state index in [4.69, 9.17) is 10.9 Å². The van der Waals surface area contributed by atoms with Crippen molar-refractivity contribution < 1.29 is 14.7 Å². The van der Waals surface area contributed by atoms with E-state index in [1.165, 1.54) is 35.4 Å². The summed E-state index contributed by atoms with van der Waals surface area (Å²) in [5, 5.41) is 12.6. The molecule has 3 aromatic rings. The second-order valence-corrected chi connectivity index (χ2v) is 7.70. The Bertz CT molecular complexity index is 1090. The SMILES string of the molecule is Cc1ccc(Sc2ccc(C(=O)C(=NN)c3ccc(C(=O)O)cc3)cc2)c(C)c1. The van der Waals surface area contributed by atoms with Gasteiger partial charge in [-0.2, -0.15) is 5.10 Å². The molecule has 6 heteroatoms. The minimum absolute atomic E-state index is 0.0803. The first kappa shape index (κ1) is 20.4. The number of carbonyl (C=O) groups is 2. The van der Waals surface area contributed by atoms with Gasteiger partial charge in [-0.25, -0.2) is 4.79 Å². The summed E-state index contributed by atoms with van der Waals surface area (Å²) in [7, 11) is 0. The fourth-order valence-electron chi connectivity index (χ4n) is 2.89. The van der Waals surface area contributed by atoms with Gasteiger partial charge in [0.25, 0.3) is 0 Å². The van der Waals surface area contributed by atoms with Crippen LogP contribution in [-0.2, 0) is 0 Å². The van der Waals surface area contributed by atoms with Crippen molar-refractivity contribution in [2.75, 3.05) is 0 Å². The molecule has 0 radical (unpaired) electrons. The minimum atomic E-state index is -1.04. The number of hydrogen-bond donors (Lipinski definition) is 2. The van der Waals surface area contributed by atoms with E-state index in [-0.39, 0.29) is 17.1 Å². The average molecular weight is 404 g/mol.